The molecule has 1 heterocycles. The molecular formula is C18H20N2O5S. The monoisotopic (exact) mass is 376 g/mol. The van der Waals surface area contributed by atoms with Gasteiger partial charge in [-0.3, -0.25) is 14.4 Å². The van der Waals surface area contributed by atoms with Gasteiger partial charge < -0.3 is 4.42 Å². The Morgan fingerprint density at radius 2 is 2.08 bits per heavy atom. The Labute approximate surface area is 152 Å². The van der Waals surface area contributed by atoms with Gasteiger partial charge >= 0.3 is 0 Å². The number of sulfonamides is 1. The molecule has 0 aliphatic carbocycles. The van der Waals surface area contributed by atoms with Crippen LogP contribution >= 0.6 is 0 Å². The van der Waals surface area contributed by atoms with E-state index < -0.39 is 15.9 Å². The lowest BCUT2D eigenvalue weighted by atomic mass is 10.1. The van der Waals surface area contributed by atoms with Crippen LogP contribution in [0.5, 0.6) is 0 Å². The lowest BCUT2D eigenvalue weighted by Gasteiger charge is -2.09. The van der Waals surface area contributed by atoms with Crippen LogP contribution in [-0.2, 0) is 14.9 Å². The molecule has 0 fully saturated rings. The van der Waals surface area contributed by atoms with E-state index in [1.807, 2.05) is 0 Å². The van der Waals surface area contributed by atoms with Crippen LogP contribution in [0.2, 0.25) is 0 Å². The summed E-state index contributed by atoms with van der Waals surface area (Å²) in [4.78, 5) is 16.9. The predicted molar refractivity (Wildman–Crippen MR) is 101 cm³/mol. The van der Waals surface area contributed by atoms with Crippen LogP contribution in [0, 0.1) is 6.92 Å². The Balaban J connectivity index is 2.45. The van der Waals surface area contributed by atoms with Gasteiger partial charge in [0, 0.05) is 11.1 Å². The summed E-state index contributed by atoms with van der Waals surface area (Å²) >= 11 is 0. The quantitative estimate of drug-likeness (QED) is 0.570. The van der Waals surface area contributed by atoms with Gasteiger partial charge in [0.2, 0.25) is 0 Å². The number of furan rings is 1. The van der Waals surface area contributed by atoms with E-state index >= 15 is 0 Å². The molecule has 1 aromatic carbocycles. The molecule has 2 aromatic rings. The number of amides is 1. The van der Waals surface area contributed by atoms with Crippen molar-refractivity contribution in [3.8, 4) is 0 Å². The van der Waals surface area contributed by atoms with Crippen molar-refractivity contribution in [2.45, 2.75) is 13.8 Å². The minimum absolute atomic E-state index is 0.0956. The number of aryl methyl sites for hydroxylation is 1. The summed E-state index contributed by atoms with van der Waals surface area (Å²) in [5, 5.41) is 0.473. The van der Waals surface area contributed by atoms with E-state index in [2.05, 4.69) is 21.6 Å². The third-order valence-electron chi connectivity index (χ3n) is 3.53. The molecule has 0 spiro atoms. The third kappa shape index (κ3) is 4.04. The summed E-state index contributed by atoms with van der Waals surface area (Å²) in [6, 6.07) is 4.70. The van der Waals surface area contributed by atoms with Gasteiger partial charge in [-0.2, -0.15) is 0 Å². The van der Waals surface area contributed by atoms with Gasteiger partial charge in [0.1, 0.15) is 11.3 Å². The number of fused-ring (bicyclic) bond motifs is 1. The van der Waals surface area contributed by atoms with Crippen molar-refractivity contribution < 1.29 is 22.5 Å². The van der Waals surface area contributed by atoms with Gasteiger partial charge in [-0.05, 0) is 38.1 Å². The Bertz CT molecular complexity index is 1000. The van der Waals surface area contributed by atoms with Crippen LogP contribution in [0.15, 0.2) is 58.4 Å². The first kappa shape index (κ1) is 19.5. The van der Waals surface area contributed by atoms with Gasteiger partial charge in [0.15, 0.2) is 0 Å². The van der Waals surface area contributed by atoms with E-state index in [-0.39, 0.29) is 10.5 Å². The first-order chi connectivity index (χ1) is 12.3. The molecule has 0 aliphatic heterocycles. The molecule has 0 unspecified atom stereocenters. The molecule has 0 aliphatic rings. The Kier molecular flexibility index (Phi) is 6.01. The molecule has 0 atom stereocenters. The van der Waals surface area contributed by atoms with Gasteiger partial charge in [0.25, 0.3) is 15.9 Å². The standard InChI is InChI=1S/C18H20N2O5S/c1-5-7-8-14(6-2)26(22,23)20-13-9-10-16-15(11-13)17(12(3)25-16)18(21)19-24-4/h5-11,20H,1H2,2-4H3,(H,19,21)/b8-7-,14-6+. The van der Waals surface area contributed by atoms with Crippen LogP contribution in [0.3, 0.4) is 0 Å². The molecule has 1 amide bonds. The van der Waals surface area contributed by atoms with Gasteiger partial charge in [-0.25, -0.2) is 13.9 Å². The van der Waals surface area contributed by atoms with Gasteiger partial charge in [0.05, 0.1) is 17.6 Å². The smallest absolute Gasteiger partial charge is 0.279 e. The fourth-order valence-corrected chi connectivity index (χ4v) is 3.55. The lowest BCUT2D eigenvalue weighted by molar-refractivity contribution is 0.0537. The number of carbonyl (C=O) groups is 1. The van der Waals surface area contributed by atoms with Crippen molar-refractivity contribution in [2.75, 3.05) is 11.8 Å². The summed E-state index contributed by atoms with van der Waals surface area (Å²) in [7, 11) is -2.46. The maximum Gasteiger partial charge on any atom is 0.279 e. The minimum Gasteiger partial charge on any atom is -0.461 e. The summed E-state index contributed by atoms with van der Waals surface area (Å²) in [5.74, 6) is -0.0792. The maximum absolute atomic E-state index is 12.5. The summed E-state index contributed by atoms with van der Waals surface area (Å²) in [5.41, 5.74) is 3.28. The zero-order valence-corrected chi connectivity index (χ0v) is 15.5. The first-order valence-electron chi connectivity index (χ1n) is 7.68. The second kappa shape index (κ2) is 8.03. The Morgan fingerprint density at radius 3 is 2.69 bits per heavy atom. The second-order valence-corrected chi connectivity index (χ2v) is 6.95. The number of hydrogen-bond donors (Lipinski definition) is 2. The molecule has 26 heavy (non-hydrogen) atoms. The molecule has 0 radical (unpaired) electrons. The first-order valence-corrected chi connectivity index (χ1v) is 9.17. The van der Waals surface area contributed by atoms with Crippen molar-refractivity contribution in [2.24, 2.45) is 0 Å². The fraction of sp³-hybridized carbons (Fsp3) is 0.167. The summed E-state index contributed by atoms with van der Waals surface area (Å²) in [6.07, 6.45) is 5.93. The van der Waals surface area contributed by atoms with E-state index in [4.69, 9.17) is 4.42 Å². The molecular weight excluding hydrogens is 356 g/mol. The van der Waals surface area contributed by atoms with Crippen molar-refractivity contribution in [3.63, 3.8) is 0 Å². The van der Waals surface area contributed by atoms with E-state index in [1.54, 1.807) is 32.0 Å². The van der Waals surface area contributed by atoms with E-state index in [1.165, 1.54) is 31.4 Å². The van der Waals surface area contributed by atoms with Crippen molar-refractivity contribution in [1.82, 2.24) is 5.48 Å². The van der Waals surface area contributed by atoms with Crippen LogP contribution in [0.4, 0.5) is 5.69 Å². The maximum atomic E-state index is 12.5. The predicted octanol–water partition coefficient (Wildman–Crippen LogP) is 3.42. The highest BCUT2D eigenvalue weighted by Crippen LogP contribution is 2.29. The zero-order chi connectivity index (χ0) is 19.3. The zero-order valence-electron chi connectivity index (χ0n) is 14.7. The Hall–Kier alpha value is -2.84. The number of anilines is 1. The minimum atomic E-state index is -3.78. The average Bonchev–Trinajstić information content (AvgIpc) is 2.90. The topological polar surface area (TPSA) is 97.6 Å². The molecule has 1 aromatic heterocycles. The SMILES string of the molecule is C=C/C=C\C(=C/C)S(=O)(=O)Nc1ccc2oc(C)c(C(=O)NOC)c2c1. The van der Waals surface area contributed by atoms with Gasteiger partial charge in [-0.1, -0.05) is 24.8 Å². The van der Waals surface area contributed by atoms with Crippen LogP contribution in [0.25, 0.3) is 11.0 Å². The largest absolute Gasteiger partial charge is 0.461 e. The second-order valence-electron chi connectivity index (χ2n) is 5.27. The highest BCUT2D eigenvalue weighted by atomic mass is 32.2. The highest BCUT2D eigenvalue weighted by molar-refractivity contribution is 7.96. The molecule has 2 N–H and O–H groups in total. The molecule has 0 saturated heterocycles. The van der Waals surface area contributed by atoms with E-state index in [0.29, 0.717) is 22.4 Å². The fourth-order valence-electron chi connectivity index (χ4n) is 2.43. The number of nitrogens with one attached hydrogen (secondary N) is 2. The van der Waals surface area contributed by atoms with Crippen LogP contribution in [0.1, 0.15) is 23.0 Å². The van der Waals surface area contributed by atoms with Crippen molar-refractivity contribution in [1.29, 1.82) is 0 Å². The molecule has 2 rings (SSSR count). The Morgan fingerprint density at radius 1 is 1.35 bits per heavy atom. The molecule has 138 valence electrons. The lowest BCUT2D eigenvalue weighted by Crippen LogP contribution is -2.22. The van der Waals surface area contributed by atoms with E-state index in [0.717, 1.165) is 0 Å². The molecule has 7 nitrogen and oxygen atoms in total. The van der Waals surface area contributed by atoms with Crippen LogP contribution < -0.4 is 10.2 Å². The highest BCUT2D eigenvalue weighted by Gasteiger charge is 2.20. The normalized spacial score (nSPS) is 12.5. The molecule has 0 bridgehead atoms. The number of rotatable bonds is 7. The third-order valence-corrected chi connectivity index (χ3v) is 5.03. The average molecular weight is 376 g/mol. The number of allylic oxidation sites excluding steroid dienone is 4. The summed E-state index contributed by atoms with van der Waals surface area (Å²) < 4.78 is 33.1. The molecule has 8 heteroatoms. The number of hydroxylamine groups is 1. The van der Waals surface area contributed by atoms with Crippen LogP contribution in [-0.4, -0.2) is 21.4 Å². The van der Waals surface area contributed by atoms with Gasteiger partial charge in [-0.15, -0.1) is 0 Å². The van der Waals surface area contributed by atoms with Crippen molar-refractivity contribution >= 4 is 32.6 Å². The number of benzene rings is 1. The molecule has 0 saturated carbocycles. The summed E-state index contributed by atoms with van der Waals surface area (Å²) in [6.45, 7) is 6.79. The number of carbonyl (C=O) groups excluding carboxylic acids is 1. The van der Waals surface area contributed by atoms with E-state index in [9.17, 15) is 13.2 Å². The van der Waals surface area contributed by atoms with Crippen molar-refractivity contribution in [3.05, 3.63) is 65.3 Å². The number of hydrogen-bond acceptors (Lipinski definition) is 5.